The van der Waals surface area contributed by atoms with Crippen LogP contribution in [0.15, 0.2) is 18.2 Å². The van der Waals surface area contributed by atoms with Gasteiger partial charge in [0, 0.05) is 8.30 Å². The first-order chi connectivity index (χ1) is 6.50. The third kappa shape index (κ3) is 1.64. The lowest BCUT2D eigenvalue weighted by molar-refractivity contribution is 0.352. The molecule has 0 bridgehead atoms. The molecule has 0 aliphatic rings. The van der Waals surface area contributed by atoms with Crippen molar-refractivity contribution < 1.29 is 12.2 Å². The third-order valence-electron chi connectivity index (χ3n) is 1.50. The van der Waals surface area contributed by atoms with Gasteiger partial charge in [0.2, 0.25) is 0 Å². The summed E-state index contributed by atoms with van der Waals surface area (Å²) >= 11 is 5.57. The number of hydrogen-bond donors (Lipinski definition) is 0. The Morgan fingerprint density at radius 1 is 1.42 bits per heavy atom. The van der Waals surface area contributed by atoms with Crippen LogP contribution in [0, 0.1) is 0 Å². The van der Waals surface area contributed by atoms with E-state index in [0.717, 1.165) is 0 Å². The van der Waals surface area contributed by atoms with E-state index in [4.69, 9.17) is 23.8 Å². The molecule has 12 heavy (non-hydrogen) atoms. The van der Waals surface area contributed by atoms with Crippen LogP contribution in [0.4, 0.5) is 0 Å². The molecule has 66 valence electrons. The molecule has 0 aliphatic heterocycles. The van der Waals surface area contributed by atoms with Crippen molar-refractivity contribution in [3.05, 3.63) is 23.8 Å². The Kier molecular flexibility index (Phi) is 2.32. The average Bonchev–Trinajstić information content (AvgIpc) is 2.15. The van der Waals surface area contributed by atoms with E-state index in [1.807, 2.05) is 0 Å². The Hall–Kier alpha value is -0.890. The van der Waals surface area contributed by atoms with Gasteiger partial charge in [-0.1, -0.05) is 12.1 Å². The zero-order valence-corrected chi connectivity index (χ0v) is 7.68. The number of rotatable bonds is 3. The fourth-order valence-electron chi connectivity index (χ4n) is 0.962. The molecule has 0 fully saturated rings. The molecular weight excluding hydrogens is 176 g/mol. The van der Waals surface area contributed by atoms with Gasteiger partial charge in [0.25, 0.3) is 0 Å². The maximum atomic E-state index is 7.39. The second-order valence-corrected chi connectivity index (χ2v) is 2.32. The van der Waals surface area contributed by atoms with Crippen molar-refractivity contribution in [2.24, 2.45) is 0 Å². The number of methoxy groups -OCH3 is 2. The van der Waals surface area contributed by atoms with E-state index >= 15 is 0 Å². The fourth-order valence-corrected chi connectivity index (χ4v) is 1.11. The van der Waals surface area contributed by atoms with Gasteiger partial charge >= 0.3 is 0 Å². The van der Waals surface area contributed by atoms with Gasteiger partial charge in [-0.25, -0.2) is 0 Å². The predicted octanol–water partition coefficient (Wildman–Crippen LogP) is 2.44. The highest BCUT2D eigenvalue weighted by atomic mass is 35.5. The first-order valence-corrected chi connectivity index (χ1v) is 3.79. The van der Waals surface area contributed by atoms with Gasteiger partial charge < -0.3 is 9.47 Å². The molecule has 0 N–H and O–H groups in total. The molecule has 0 aromatic heterocycles. The molecule has 0 heterocycles. The Morgan fingerprint density at radius 3 is 2.67 bits per heavy atom. The van der Waals surface area contributed by atoms with Crippen molar-refractivity contribution >= 4 is 11.6 Å². The highest BCUT2D eigenvalue weighted by molar-refractivity contribution is 6.17. The van der Waals surface area contributed by atoms with Crippen LogP contribution >= 0.6 is 11.6 Å². The van der Waals surface area contributed by atoms with Crippen LogP contribution in [0.5, 0.6) is 11.5 Å². The minimum Gasteiger partial charge on any atom is -0.493 e. The molecule has 1 aromatic carbocycles. The monoisotopic (exact) mass is 188 g/mol. The van der Waals surface area contributed by atoms with Crippen LogP contribution in [0.1, 0.15) is 8.30 Å². The van der Waals surface area contributed by atoms with Crippen molar-refractivity contribution in [1.29, 1.82) is 0 Å². The van der Waals surface area contributed by atoms with Crippen molar-refractivity contribution in [3.63, 3.8) is 0 Å². The van der Waals surface area contributed by atoms with Crippen LogP contribution in [-0.2, 0) is 5.83 Å². The summed E-state index contributed by atoms with van der Waals surface area (Å²) in [4.78, 5) is 0. The number of alkyl halides is 1. The van der Waals surface area contributed by atoms with Gasteiger partial charge in [-0.3, -0.25) is 0 Å². The lowest BCUT2D eigenvalue weighted by Crippen LogP contribution is -1.93. The molecule has 3 heteroatoms. The molecule has 0 amide bonds. The summed E-state index contributed by atoms with van der Waals surface area (Å²) in [5, 5.41) is 0. The van der Waals surface area contributed by atoms with Crippen molar-refractivity contribution in [2.45, 2.75) is 5.83 Å². The molecule has 2 nitrogen and oxygen atoms in total. The highest BCUT2D eigenvalue weighted by Gasteiger charge is 2.06. The highest BCUT2D eigenvalue weighted by Crippen LogP contribution is 2.31. The topological polar surface area (TPSA) is 18.5 Å². The van der Waals surface area contributed by atoms with Crippen LogP contribution in [0.3, 0.4) is 0 Å². The summed E-state index contributed by atoms with van der Waals surface area (Å²) in [7, 11) is 2.94. The van der Waals surface area contributed by atoms with Gasteiger partial charge in [-0.15, -0.1) is 11.6 Å². The van der Waals surface area contributed by atoms with E-state index in [2.05, 4.69) is 0 Å². The normalized spacial score (nSPS) is 13.2. The maximum absolute atomic E-state index is 7.39. The predicted molar refractivity (Wildman–Crippen MR) is 49.1 cm³/mol. The Morgan fingerprint density at radius 2 is 2.17 bits per heavy atom. The quantitative estimate of drug-likeness (QED) is 0.679. The second-order valence-electron chi connectivity index (χ2n) is 2.14. The summed E-state index contributed by atoms with van der Waals surface area (Å²) in [5.74, 6) is -1.16. The lowest BCUT2D eigenvalue weighted by atomic mass is 10.2. The van der Waals surface area contributed by atoms with E-state index in [-0.39, 0.29) is 5.56 Å². The molecule has 1 rings (SSSR count). The standard InChI is InChI=1S/C9H11ClO2/c1-11-8-5-3-4-7(6-10)9(8)12-2/h3-5H,6H2,1-2H3/i6D2. The Balaban J connectivity index is 3.29. The van der Waals surface area contributed by atoms with Gasteiger partial charge in [0.15, 0.2) is 11.5 Å². The fraction of sp³-hybridized carbons (Fsp3) is 0.333. The van der Waals surface area contributed by atoms with Crippen LogP contribution in [0.25, 0.3) is 0 Å². The number of halogens is 1. The molecule has 0 saturated heterocycles. The van der Waals surface area contributed by atoms with Crippen molar-refractivity contribution in [3.8, 4) is 11.5 Å². The molecular formula is C9H11ClO2. The maximum Gasteiger partial charge on any atom is 0.165 e. The zero-order chi connectivity index (χ0) is 10.8. The molecule has 1 aromatic rings. The molecule has 0 aliphatic carbocycles. The summed E-state index contributed by atoms with van der Waals surface area (Å²) < 4.78 is 24.8. The third-order valence-corrected chi connectivity index (χ3v) is 1.71. The SMILES string of the molecule is [2H]C([2H])(Cl)c1cccc(OC)c1OC. The zero-order valence-electron chi connectivity index (χ0n) is 8.93. The van der Waals surface area contributed by atoms with Gasteiger partial charge in [-0.05, 0) is 6.07 Å². The smallest absolute Gasteiger partial charge is 0.165 e. The van der Waals surface area contributed by atoms with Gasteiger partial charge in [0.1, 0.15) is 0 Å². The number of hydrogen-bond acceptors (Lipinski definition) is 2. The van der Waals surface area contributed by atoms with E-state index in [1.54, 1.807) is 18.2 Å². The minimum atomic E-state index is -1.96. The second kappa shape index (κ2) is 4.21. The van der Waals surface area contributed by atoms with Crippen molar-refractivity contribution in [2.75, 3.05) is 14.2 Å². The van der Waals surface area contributed by atoms with Crippen molar-refractivity contribution in [1.82, 2.24) is 0 Å². The number of benzene rings is 1. The van der Waals surface area contributed by atoms with Crippen LogP contribution in [-0.4, -0.2) is 14.2 Å². The van der Waals surface area contributed by atoms with E-state index in [1.165, 1.54) is 14.2 Å². The summed E-state index contributed by atoms with van der Waals surface area (Å²) in [6.45, 7) is 0. The number of ether oxygens (including phenoxy) is 2. The van der Waals surface area contributed by atoms with Crippen LogP contribution in [0.2, 0.25) is 0 Å². The average molecular weight is 189 g/mol. The van der Waals surface area contributed by atoms with E-state index in [9.17, 15) is 0 Å². The minimum absolute atomic E-state index is 0.265. The summed E-state index contributed by atoms with van der Waals surface area (Å²) in [5.41, 5.74) is 0.265. The van der Waals surface area contributed by atoms with E-state index in [0.29, 0.717) is 11.5 Å². The van der Waals surface area contributed by atoms with E-state index < -0.39 is 5.83 Å². The first-order valence-electron chi connectivity index (χ1n) is 4.41. The Labute approximate surface area is 79.9 Å². The molecule has 0 unspecified atom stereocenters. The summed E-state index contributed by atoms with van der Waals surface area (Å²) in [6, 6.07) is 4.91. The first kappa shape index (κ1) is 6.61. The van der Waals surface area contributed by atoms with Crippen LogP contribution < -0.4 is 9.47 Å². The molecule has 0 radical (unpaired) electrons. The molecule has 0 atom stereocenters. The summed E-state index contributed by atoms with van der Waals surface area (Å²) in [6.07, 6.45) is 0. The molecule has 0 saturated carbocycles. The molecule has 0 spiro atoms. The van der Waals surface area contributed by atoms with Gasteiger partial charge in [-0.2, -0.15) is 0 Å². The number of para-hydroxylation sites is 1. The van der Waals surface area contributed by atoms with Gasteiger partial charge in [0.05, 0.1) is 20.1 Å². The lowest BCUT2D eigenvalue weighted by Gasteiger charge is -2.09. The largest absolute Gasteiger partial charge is 0.493 e. The Bertz CT molecular complexity index is 323.